The van der Waals surface area contributed by atoms with E-state index in [-0.39, 0.29) is 6.04 Å². The molecule has 4 heteroatoms. The van der Waals surface area contributed by atoms with E-state index < -0.39 is 0 Å². The summed E-state index contributed by atoms with van der Waals surface area (Å²) in [6, 6.07) is 9.58. The molecule has 1 unspecified atom stereocenters. The van der Waals surface area contributed by atoms with Crippen molar-refractivity contribution in [3.63, 3.8) is 0 Å². The van der Waals surface area contributed by atoms with Gasteiger partial charge in [-0.25, -0.2) is 0 Å². The second kappa shape index (κ2) is 5.69. The lowest BCUT2D eigenvalue weighted by Gasteiger charge is -2.15. The third kappa shape index (κ3) is 3.11. The molecule has 96 valence electrons. The first-order valence-corrected chi connectivity index (χ1v) is 6.20. The predicted octanol–water partition coefficient (Wildman–Crippen LogP) is 2.02. The molecule has 2 rings (SSSR count). The maximum Gasteiger partial charge on any atom is 0.115 e. The summed E-state index contributed by atoms with van der Waals surface area (Å²) in [7, 11) is 1.92. The van der Waals surface area contributed by atoms with Gasteiger partial charge in [0.15, 0.2) is 0 Å². The largest absolute Gasteiger partial charge is 0.508 e. The van der Waals surface area contributed by atoms with Crippen molar-refractivity contribution in [3.8, 4) is 5.75 Å². The molecule has 2 aromatic rings. The van der Waals surface area contributed by atoms with Crippen molar-refractivity contribution in [2.75, 3.05) is 6.54 Å². The van der Waals surface area contributed by atoms with Crippen LogP contribution in [0.2, 0.25) is 0 Å². The van der Waals surface area contributed by atoms with Gasteiger partial charge in [0.2, 0.25) is 0 Å². The average Bonchev–Trinajstić information content (AvgIpc) is 2.78. The summed E-state index contributed by atoms with van der Waals surface area (Å²) in [6.45, 7) is 2.99. The topological polar surface area (TPSA) is 50.1 Å². The Labute approximate surface area is 107 Å². The Morgan fingerprint density at radius 1 is 1.28 bits per heavy atom. The summed E-state index contributed by atoms with van der Waals surface area (Å²) in [5.41, 5.74) is 2.23. The van der Waals surface area contributed by atoms with Gasteiger partial charge in [0.05, 0.1) is 11.7 Å². The van der Waals surface area contributed by atoms with Gasteiger partial charge in [-0.1, -0.05) is 19.1 Å². The number of rotatable bonds is 5. The Bertz CT molecular complexity index is 490. The molecular weight excluding hydrogens is 226 g/mol. The first kappa shape index (κ1) is 12.6. The van der Waals surface area contributed by atoms with Crippen molar-refractivity contribution >= 4 is 0 Å². The molecule has 4 nitrogen and oxygen atoms in total. The van der Waals surface area contributed by atoms with Crippen LogP contribution in [-0.4, -0.2) is 21.4 Å². The van der Waals surface area contributed by atoms with E-state index in [9.17, 15) is 5.11 Å². The Morgan fingerprint density at radius 2 is 2.00 bits per heavy atom. The van der Waals surface area contributed by atoms with Gasteiger partial charge in [0.1, 0.15) is 5.75 Å². The third-order valence-electron chi connectivity index (χ3n) is 2.92. The second-order valence-electron chi connectivity index (χ2n) is 4.40. The molecule has 1 aromatic carbocycles. The van der Waals surface area contributed by atoms with Crippen LogP contribution in [-0.2, 0) is 13.5 Å². The molecule has 0 amide bonds. The highest BCUT2D eigenvalue weighted by atomic mass is 16.3. The zero-order valence-corrected chi connectivity index (χ0v) is 10.8. The molecule has 0 saturated heterocycles. The van der Waals surface area contributed by atoms with Crippen LogP contribution in [0.4, 0.5) is 0 Å². The number of aromatic hydroxyl groups is 1. The van der Waals surface area contributed by atoms with E-state index in [2.05, 4.69) is 17.3 Å². The van der Waals surface area contributed by atoms with Crippen LogP contribution in [0.25, 0.3) is 0 Å². The SMILES string of the molecule is CCNC(Cc1ccc(O)cc1)c1ccn(C)n1. The predicted molar refractivity (Wildman–Crippen MR) is 71.4 cm³/mol. The van der Waals surface area contributed by atoms with Gasteiger partial charge in [0, 0.05) is 13.2 Å². The minimum absolute atomic E-state index is 0.209. The zero-order chi connectivity index (χ0) is 13.0. The fourth-order valence-corrected chi connectivity index (χ4v) is 2.01. The molecule has 18 heavy (non-hydrogen) atoms. The maximum atomic E-state index is 9.28. The van der Waals surface area contributed by atoms with Gasteiger partial charge in [-0.05, 0) is 36.7 Å². The van der Waals surface area contributed by atoms with Gasteiger partial charge in [-0.2, -0.15) is 5.10 Å². The number of aryl methyl sites for hydroxylation is 1. The normalized spacial score (nSPS) is 12.6. The molecule has 0 aliphatic carbocycles. The molecule has 0 saturated carbocycles. The molecule has 0 aliphatic heterocycles. The quantitative estimate of drug-likeness (QED) is 0.847. The summed E-state index contributed by atoms with van der Waals surface area (Å²) in [5, 5.41) is 17.2. The Hall–Kier alpha value is -1.81. The highest BCUT2D eigenvalue weighted by Gasteiger charge is 2.13. The fourth-order valence-electron chi connectivity index (χ4n) is 2.01. The van der Waals surface area contributed by atoms with Gasteiger partial charge in [0.25, 0.3) is 0 Å². The summed E-state index contributed by atoms with van der Waals surface area (Å²) >= 11 is 0. The van der Waals surface area contributed by atoms with E-state index in [0.717, 1.165) is 18.7 Å². The number of aromatic nitrogens is 2. The molecule has 1 heterocycles. The average molecular weight is 245 g/mol. The van der Waals surface area contributed by atoms with E-state index >= 15 is 0 Å². The van der Waals surface area contributed by atoms with Gasteiger partial charge < -0.3 is 10.4 Å². The van der Waals surface area contributed by atoms with Crippen LogP contribution in [0.15, 0.2) is 36.5 Å². The molecule has 0 radical (unpaired) electrons. The summed E-state index contributed by atoms with van der Waals surface area (Å²) in [4.78, 5) is 0. The van der Waals surface area contributed by atoms with Gasteiger partial charge in [-0.3, -0.25) is 4.68 Å². The van der Waals surface area contributed by atoms with Crippen molar-refractivity contribution in [1.29, 1.82) is 0 Å². The van der Waals surface area contributed by atoms with Crippen LogP contribution in [0.5, 0.6) is 5.75 Å². The van der Waals surface area contributed by atoms with Crippen LogP contribution in [0, 0.1) is 0 Å². The molecule has 0 bridgehead atoms. The molecule has 0 fully saturated rings. The third-order valence-corrected chi connectivity index (χ3v) is 2.92. The number of hydrogen-bond acceptors (Lipinski definition) is 3. The van der Waals surface area contributed by atoms with Gasteiger partial charge >= 0.3 is 0 Å². The zero-order valence-electron chi connectivity index (χ0n) is 10.8. The monoisotopic (exact) mass is 245 g/mol. The van der Waals surface area contributed by atoms with E-state index in [1.54, 1.807) is 12.1 Å². The highest BCUT2D eigenvalue weighted by Crippen LogP contribution is 2.18. The number of hydrogen-bond donors (Lipinski definition) is 2. The number of benzene rings is 1. The van der Waals surface area contributed by atoms with E-state index in [1.165, 1.54) is 5.56 Å². The van der Waals surface area contributed by atoms with Crippen LogP contribution >= 0.6 is 0 Å². The second-order valence-corrected chi connectivity index (χ2v) is 4.40. The lowest BCUT2D eigenvalue weighted by Crippen LogP contribution is -2.23. The summed E-state index contributed by atoms with van der Waals surface area (Å²) < 4.78 is 1.82. The Balaban J connectivity index is 2.13. The number of nitrogens with one attached hydrogen (secondary N) is 1. The summed E-state index contributed by atoms with van der Waals surface area (Å²) in [6.07, 6.45) is 2.82. The Morgan fingerprint density at radius 3 is 2.56 bits per heavy atom. The lowest BCUT2D eigenvalue weighted by atomic mass is 10.0. The first-order valence-electron chi connectivity index (χ1n) is 6.20. The maximum absolute atomic E-state index is 9.28. The first-order chi connectivity index (χ1) is 8.69. The van der Waals surface area contributed by atoms with Crippen LogP contribution in [0.3, 0.4) is 0 Å². The number of nitrogens with zero attached hydrogens (tertiary/aromatic N) is 2. The van der Waals surface area contributed by atoms with E-state index in [4.69, 9.17) is 0 Å². The lowest BCUT2D eigenvalue weighted by molar-refractivity contribution is 0.474. The standard InChI is InChI=1S/C14H19N3O/c1-3-15-14(13-8-9-17(2)16-13)10-11-4-6-12(18)7-5-11/h4-9,14-15,18H,3,10H2,1-2H3. The van der Waals surface area contributed by atoms with Crippen molar-refractivity contribution in [3.05, 3.63) is 47.8 Å². The number of phenols is 1. The minimum atomic E-state index is 0.209. The number of likely N-dealkylation sites (N-methyl/N-ethyl adjacent to an activating group) is 1. The van der Waals surface area contributed by atoms with Crippen LogP contribution in [0.1, 0.15) is 24.2 Å². The summed E-state index contributed by atoms with van der Waals surface area (Å²) in [5.74, 6) is 0.302. The van der Waals surface area contributed by atoms with Gasteiger partial charge in [-0.15, -0.1) is 0 Å². The molecule has 1 aromatic heterocycles. The van der Waals surface area contributed by atoms with Crippen molar-refractivity contribution in [1.82, 2.24) is 15.1 Å². The molecule has 0 spiro atoms. The van der Waals surface area contributed by atoms with Crippen molar-refractivity contribution in [2.24, 2.45) is 7.05 Å². The van der Waals surface area contributed by atoms with Crippen LogP contribution < -0.4 is 5.32 Å². The molecular formula is C14H19N3O. The molecule has 2 N–H and O–H groups in total. The molecule has 1 atom stereocenters. The molecule has 0 aliphatic rings. The highest BCUT2D eigenvalue weighted by molar-refractivity contribution is 5.27. The smallest absolute Gasteiger partial charge is 0.115 e. The van der Waals surface area contributed by atoms with Crippen molar-refractivity contribution < 1.29 is 5.11 Å². The van der Waals surface area contributed by atoms with E-state index in [1.807, 2.05) is 36.1 Å². The minimum Gasteiger partial charge on any atom is -0.508 e. The van der Waals surface area contributed by atoms with Crippen molar-refractivity contribution in [2.45, 2.75) is 19.4 Å². The fraction of sp³-hybridized carbons (Fsp3) is 0.357. The Kier molecular flexibility index (Phi) is 3.99. The van der Waals surface area contributed by atoms with E-state index in [0.29, 0.717) is 5.75 Å². The number of phenolic OH excluding ortho intramolecular Hbond substituents is 1.